The van der Waals surface area contributed by atoms with E-state index in [0.717, 1.165) is 30.6 Å². The fraction of sp³-hybridized carbons (Fsp3) is 0.304. The zero-order valence-corrected chi connectivity index (χ0v) is 15.7. The second-order valence-corrected chi connectivity index (χ2v) is 7.25. The molecule has 2 aromatic carbocycles. The lowest BCUT2D eigenvalue weighted by molar-refractivity contribution is 0.401. The van der Waals surface area contributed by atoms with Crippen LogP contribution in [0.15, 0.2) is 67.0 Å². The van der Waals surface area contributed by atoms with E-state index in [-0.39, 0.29) is 0 Å². The molecule has 1 aliphatic rings. The molecule has 1 fully saturated rings. The van der Waals surface area contributed by atoms with E-state index in [4.69, 9.17) is 4.74 Å². The molecule has 0 unspecified atom stereocenters. The van der Waals surface area contributed by atoms with Gasteiger partial charge in [0, 0.05) is 19.2 Å². The van der Waals surface area contributed by atoms with Gasteiger partial charge in [0.2, 0.25) is 5.88 Å². The van der Waals surface area contributed by atoms with Crippen molar-refractivity contribution in [3.05, 3.63) is 78.1 Å². The second kappa shape index (κ2) is 8.21. The van der Waals surface area contributed by atoms with Gasteiger partial charge in [0.15, 0.2) is 0 Å². The first kappa shape index (κ1) is 17.5. The van der Waals surface area contributed by atoms with Gasteiger partial charge in [-0.3, -0.25) is 0 Å². The van der Waals surface area contributed by atoms with Crippen LogP contribution in [0.1, 0.15) is 24.0 Å². The van der Waals surface area contributed by atoms with Gasteiger partial charge in [0.25, 0.3) is 0 Å². The van der Waals surface area contributed by atoms with Crippen LogP contribution < -0.4 is 9.64 Å². The summed E-state index contributed by atoms with van der Waals surface area (Å²) in [4.78, 5) is 11.1. The van der Waals surface area contributed by atoms with Crippen molar-refractivity contribution in [3.8, 4) is 11.6 Å². The maximum Gasteiger partial charge on any atom is 0.224 e. The zero-order valence-electron chi connectivity index (χ0n) is 15.7. The molecule has 4 heteroatoms. The lowest BCUT2D eigenvalue weighted by Gasteiger charge is -2.32. The third kappa shape index (κ3) is 4.64. The average Bonchev–Trinajstić information content (AvgIpc) is 2.70. The highest BCUT2D eigenvalue weighted by Crippen LogP contribution is 2.27. The third-order valence-electron chi connectivity index (χ3n) is 5.15. The molecule has 0 radical (unpaired) electrons. The number of anilines is 1. The minimum Gasteiger partial charge on any atom is -0.439 e. The Kier molecular flexibility index (Phi) is 5.33. The number of hydrogen-bond acceptors (Lipinski definition) is 4. The summed E-state index contributed by atoms with van der Waals surface area (Å²) in [5.41, 5.74) is 2.61. The van der Waals surface area contributed by atoms with Crippen LogP contribution in [0.4, 0.5) is 5.82 Å². The Morgan fingerprint density at radius 3 is 2.56 bits per heavy atom. The van der Waals surface area contributed by atoms with Crippen molar-refractivity contribution in [2.45, 2.75) is 26.2 Å². The van der Waals surface area contributed by atoms with Crippen molar-refractivity contribution in [3.63, 3.8) is 0 Å². The van der Waals surface area contributed by atoms with Crippen LogP contribution in [0.2, 0.25) is 0 Å². The highest BCUT2D eigenvalue weighted by molar-refractivity contribution is 5.42. The highest BCUT2D eigenvalue weighted by atomic mass is 16.5. The van der Waals surface area contributed by atoms with E-state index in [1.54, 1.807) is 6.33 Å². The molecular weight excluding hydrogens is 334 g/mol. The number of piperidine rings is 1. The summed E-state index contributed by atoms with van der Waals surface area (Å²) < 4.78 is 5.91. The third-order valence-corrected chi connectivity index (χ3v) is 5.15. The lowest BCUT2D eigenvalue weighted by atomic mass is 9.90. The van der Waals surface area contributed by atoms with Crippen molar-refractivity contribution in [1.29, 1.82) is 0 Å². The quantitative estimate of drug-likeness (QED) is 0.640. The summed E-state index contributed by atoms with van der Waals surface area (Å²) in [6.07, 6.45) is 5.14. The van der Waals surface area contributed by atoms with Gasteiger partial charge in [-0.05, 0) is 55.4 Å². The summed E-state index contributed by atoms with van der Waals surface area (Å²) in [7, 11) is 0. The molecule has 0 saturated carbocycles. The SMILES string of the molecule is Cc1cccc(Oc2cc(N3CCC(Cc4ccccc4)CC3)ncn2)c1. The Labute approximate surface area is 160 Å². The summed E-state index contributed by atoms with van der Waals surface area (Å²) in [6.45, 7) is 4.11. The van der Waals surface area contributed by atoms with Crippen LogP contribution >= 0.6 is 0 Å². The first-order chi connectivity index (χ1) is 13.3. The molecule has 27 heavy (non-hydrogen) atoms. The van der Waals surface area contributed by atoms with E-state index >= 15 is 0 Å². The predicted octanol–water partition coefficient (Wildman–Crippen LogP) is 5.04. The maximum absolute atomic E-state index is 5.91. The van der Waals surface area contributed by atoms with Gasteiger partial charge < -0.3 is 9.64 Å². The normalized spacial score (nSPS) is 14.9. The van der Waals surface area contributed by atoms with E-state index < -0.39 is 0 Å². The molecule has 4 nitrogen and oxygen atoms in total. The van der Waals surface area contributed by atoms with Crippen molar-refractivity contribution in [2.24, 2.45) is 5.92 Å². The molecule has 4 rings (SSSR count). The number of hydrogen-bond donors (Lipinski definition) is 0. The van der Waals surface area contributed by atoms with Crippen molar-refractivity contribution in [1.82, 2.24) is 9.97 Å². The predicted molar refractivity (Wildman–Crippen MR) is 108 cm³/mol. The van der Waals surface area contributed by atoms with Crippen LogP contribution in [0.25, 0.3) is 0 Å². The number of aromatic nitrogens is 2. The molecule has 0 N–H and O–H groups in total. The van der Waals surface area contributed by atoms with Crippen LogP contribution in [0.3, 0.4) is 0 Å². The number of aryl methyl sites for hydroxylation is 1. The van der Waals surface area contributed by atoms with Crippen LogP contribution in [-0.4, -0.2) is 23.1 Å². The van der Waals surface area contributed by atoms with Gasteiger partial charge in [-0.15, -0.1) is 0 Å². The summed E-state index contributed by atoms with van der Waals surface area (Å²) in [6, 6.07) is 20.7. The van der Waals surface area contributed by atoms with E-state index in [1.165, 1.54) is 30.4 Å². The fourth-order valence-corrected chi connectivity index (χ4v) is 3.67. The number of ether oxygens (including phenoxy) is 1. The second-order valence-electron chi connectivity index (χ2n) is 7.25. The topological polar surface area (TPSA) is 38.2 Å². The van der Waals surface area contributed by atoms with Crippen LogP contribution in [0.5, 0.6) is 11.6 Å². The Hall–Kier alpha value is -2.88. The Morgan fingerprint density at radius 1 is 0.963 bits per heavy atom. The van der Waals surface area contributed by atoms with Gasteiger partial charge >= 0.3 is 0 Å². The van der Waals surface area contributed by atoms with Gasteiger partial charge in [0.05, 0.1) is 0 Å². The number of benzene rings is 2. The molecular formula is C23H25N3O. The smallest absolute Gasteiger partial charge is 0.224 e. The molecule has 0 bridgehead atoms. The maximum atomic E-state index is 5.91. The van der Waals surface area contributed by atoms with Crippen molar-refractivity contribution < 1.29 is 4.74 Å². The molecule has 1 aliphatic heterocycles. The Morgan fingerprint density at radius 2 is 1.78 bits per heavy atom. The zero-order chi connectivity index (χ0) is 18.5. The summed E-state index contributed by atoms with van der Waals surface area (Å²) in [5, 5.41) is 0. The number of nitrogens with zero attached hydrogens (tertiary/aromatic N) is 3. The average molecular weight is 359 g/mol. The molecule has 1 saturated heterocycles. The monoisotopic (exact) mass is 359 g/mol. The van der Waals surface area contributed by atoms with E-state index in [9.17, 15) is 0 Å². The van der Waals surface area contributed by atoms with Crippen LogP contribution in [0, 0.1) is 12.8 Å². The molecule has 2 heterocycles. The van der Waals surface area contributed by atoms with Gasteiger partial charge in [-0.25, -0.2) is 9.97 Å². The first-order valence-corrected chi connectivity index (χ1v) is 9.62. The van der Waals surface area contributed by atoms with Crippen molar-refractivity contribution in [2.75, 3.05) is 18.0 Å². The standard InChI is InChI=1S/C23H25N3O/c1-18-6-5-9-21(14-18)27-23-16-22(24-17-25-23)26-12-10-20(11-13-26)15-19-7-3-2-4-8-19/h2-9,14,16-17,20H,10-13,15H2,1H3. The van der Waals surface area contributed by atoms with Gasteiger partial charge in [0.1, 0.15) is 17.9 Å². The van der Waals surface area contributed by atoms with Crippen molar-refractivity contribution >= 4 is 5.82 Å². The Bertz CT molecular complexity index is 874. The largest absolute Gasteiger partial charge is 0.439 e. The number of rotatable bonds is 5. The Balaban J connectivity index is 1.37. The first-order valence-electron chi connectivity index (χ1n) is 9.62. The molecule has 138 valence electrons. The van der Waals surface area contributed by atoms with Gasteiger partial charge in [-0.1, -0.05) is 42.5 Å². The van der Waals surface area contributed by atoms with E-state index in [2.05, 4.69) is 58.2 Å². The lowest BCUT2D eigenvalue weighted by Crippen LogP contribution is -2.34. The van der Waals surface area contributed by atoms with E-state index in [0.29, 0.717) is 5.88 Å². The molecule has 0 aliphatic carbocycles. The molecule has 0 spiro atoms. The fourth-order valence-electron chi connectivity index (χ4n) is 3.67. The highest BCUT2D eigenvalue weighted by Gasteiger charge is 2.21. The van der Waals surface area contributed by atoms with Crippen LogP contribution in [-0.2, 0) is 6.42 Å². The minimum absolute atomic E-state index is 0.594. The van der Waals surface area contributed by atoms with E-state index in [1.807, 2.05) is 24.3 Å². The molecule has 1 aromatic heterocycles. The summed E-state index contributed by atoms with van der Waals surface area (Å²) >= 11 is 0. The minimum atomic E-state index is 0.594. The molecule has 0 atom stereocenters. The molecule has 3 aromatic rings. The summed E-state index contributed by atoms with van der Waals surface area (Å²) in [5.74, 6) is 3.09. The van der Waals surface area contributed by atoms with Gasteiger partial charge in [-0.2, -0.15) is 0 Å². The molecule has 0 amide bonds.